The summed E-state index contributed by atoms with van der Waals surface area (Å²) in [5.74, 6) is -0.298. The second-order valence-electron chi connectivity index (χ2n) is 5.85. The molecule has 2 fully saturated rings. The fraction of sp³-hybridized carbons (Fsp3) is 0.588. The number of aryl methyl sites for hydroxylation is 1. The summed E-state index contributed by atoms with van der Waals surface area (Å²) in [5, 5.41) is 0. The zero-order valence-electron chi connectivity index (χ0n) is 12.6. The third-order valence-corrected chi connectivity index (χ3v) is 4.37. The highest BCUT2D eigenvalue weighted by atomic mass is 16.7. The summed E-state index contributed by atoms with van der Waals surface area (Å²) in [7, 11) is 0. The number of amides is 1. The van der Waals surface area contributed by atoms with Crippen LogP contribution in [-0.2, 0) is 15.9 Å². The molecule has 0 aliphatic carbocycles. The van der Waals surface area contributed by atoms with Crippen LogP contribution in [-0.4, -0.2) is 42.9 Å². The topological polar surface area (TPSA) is 38.8 Å². The number of ether oxygens (including phenoxy) is 2. The van der Waals surface area contributed by atoms with Gasteiger partial charge in [-0.3, -0.25) is 4.79 Å². The second-order valence-corrected chi connectivity index (χ2v) is 5.85. The Morgan fingerprint density at radius 1 is 1.14 bits per heavy atom. The van der Waals surface area contributed by atoms with Gasteiger partial charge in [0, 0.05) is 31.5 Å². The number of carbonyl (C=O) groups is 1. The second kappa shape index (κ2) is 6.16. The summed E-state index contributed by atoms with van der Waals surface area (Å²) in [6.45, 7) is 4.92. The van der Waals surface area contributed by atoms with Crippen LogP contribution in [0.2, 0.25) is 0 Å². The van der Waals surface area contributed by atoms with Gasteiger partial charge >= 0.3 is 0 Å². The number of hydrogen-bond acceptors (Lipinski definition) is 3. The molecule has 0 saturated carbocycles. The van der Waals surface area contributed by atoms with Crippen LogP contribution >= 0.6 is 0 Å². The Balaban J connectivity index is 1.60. The minimum atomic E-state index is -0.415. The molecule has 0 bridgehead atoms. The molecular weight excluding hydrogens is 266 g/mol. The summed E-state index contributed by atoms with van der Waals surface area (Å²) in [4.78, 5) is 14.4. The minimum Gasteiger partial charge on any atom is -0.347 e. The lowest BCUT2D eigenvalue weighted by Gasteiger charge is -2.37. The van der Waals surface area contributed by atoms with E-state index in [9.17, 15) is 4.79 Å². The van der Waals surface area contributed by atoms with Crippen molar-refractivity contribution in [1.82, 2.24) is 4.90 Å². The Hall–Kier alpha value is -1.39. The molecule has 0 aromatic heterocycles. The standard InChI is InChI=1S/C17H23NO3/c1-2-3-14-4-6-15(7-5-14)16(19)18-10-8-17(9-11-18)20-12-13-21-17/h4-7H,2-3,8-13H2,1H3. The highest BCUT2D eigenvalue weighted by Crippen LogP contribution is 2.31. The van der Waals surface area contributed by atoms with Crippen molar-refractivity contribution in [3.63, 3.8) is 0 Å². The quantitative estimate of drug-likeness (QED) is 0.858. The Morgan fingerprint density at radius 3 is 2.33 bits per heavy atom. The molecule has 1 aromatic carbocycles. The van der Waals surface area contributed by atoms with Gasteiger partial charge in [-0.15, -0.1) is 0 Å². The third-order valence-electron chi connectivity index (χ3n) is 4.37. The fourth-order valence-electron chi connectivity index (χ4n) is 3.12. The van der Waals surface area contributed by atoms with Crippen LogP contribution in [0.25, 0.3) is 0 Å². The van der Waals surface area contributed by atoms with Crippen LogP contribution in [0.15, 0.2) is 24.3 Å². The summed E-state index contributed by atoms with van der Waals surface area (Å²) < 4.78 is 11.4. The first kappa shape index (κ1) is 14.5. The maximum Gasteiger partial charge on any atom is 0.253 e. The van der Waals surface area contributed by atoms with Crippen molar-refractivity contribution in [3.05, 3.63) is 35.4 Å². The highest BCUT2D eigenvalue weighted by Gasteiger charge is 2.40. The van der Waals surface area contributed by atoms with Gasteiger partial charge in [-0.25, -0.2) is 0 Å². The Morgan fingerprint density at radius 2 is 1.76 bits per heavy atom. The van der Waals surface area contributed by atoms with Crippen molar-refractivity contribution in [1.29, 1.82) is 0 Å². The zero-order chi connectivity index (χ0) is 14.7. The molecule has 0 N–H and O–H groups in total. The van der Waals surface area contributed by atoms with Crippen LogP contribution in [0.1, 0.15) is 42.1 Å². The molecule has 2 heterocycles. The van der Waals surface area contributed by atoms with Crippen LogP contribution in [0.3, 0.4) is 0 Å². The van der Waals surface area contributed by atoms with Crippen LogP contribution < -0.4 is 0 Å². The molecule has 1 spiro atoms. The predicted molar refractivity (Wildman–Crippen MR) is 80.2 cm³/mol. The van der Waals surface area contributed by atoms with E-state index in [1.165, 1.54) is 5.56 Å². The Kier molecular flexibility index (Phi) is 4.27. The summed E-state index contributed by atoms with van der Waals surface area (Å²) >= 11 is 0. The van der Waals surface area contributed by atoms with E-state index in [1.54, 1.807) is 0 Å². The molecule has 0 atom stereocenters. The third kappa shape index (κ3) is 3.11. The van der Waals surface area contributed by atoms with Gasteiger partial charge in [0.1, 0.15) is 0 Å². The maximum atomic E-state index is 12.5. The van der Waals surface area contributed by atoms with E-state index in [0.29, 0.717) is 26.3 Å². The van der Waals surface area contributed by atoms with E-state index in [1.807, 2.05) is 17.0 Å². The van der Waals surface area contributed by atoms with Crippen molar-refractivity contribution in [2.24, 2.45) is 0 Å². The van der Waals surface area contributed by atoms with Crippen LogP contribution in [0.4, 0.5) is 0 Å². The van der Waals surface area contributed by atoms with E-state index in [0.717, 1.165) is 31.2 Å². The van der Waals surface area contributed by atoms with Gasteiger partial charge in [0.05, 0.1) is 13.2 Å². The first-order valence-electron chi connectivity index (χ1n) is 7.88. The lowest BCUT2D eigenvalue weighted by Crippen LogP contribution is -2.47. The molecule has 2 aliphatic rings. The SMILES string of the molecule is CCCc1ccc(C(=O)N2CCC3(CC2)OCCO3)cc1. The number of piperidine rings is 1. The Bertz CT molecular complexity index is 481. The summed E-state index contributed by atoms with van der Waals surface area (Å²) in [6, 6.07) is 8.01. The lowest BCUT2D eigenvalue weighted by molar-refractivity contribution is -0.181. The van der Waals surface area contributed by atoms with Gasteiger partial charge in [-0.1, -0.05) is 25.5 Å². The monoisotopic (exact) mass is 289 g/mol. The van der Waals surface area contributed by atoms with E-state index < -0.39 is 5.79 Å². The largest absolute Gasteiger partial charge is 0.347 e. The molecule has 0 unspecified atom stereocenters. The smallest absolute Gasteiger partial charge is 0.253 e. The number of likely N-dealkylation sites (tertiary alicyclic amines) is 1. The van der Waals surface area contributed by atoms with E-state index in [4.69, 9.17) is 9.47 Å². The molecule has 2 saturated heterocycles. The molecule has 1 aromatic rings. The zero-order valence-corrected chi connectivity index (χ0v) is 12.6. The van der Waals surface area contributed by atoms with Gasteiger partial charge in [0.25, 0.3) is 5.91 Å². The van der Waals surface area contributed by atoms with Crippen molar-refractivity contribution in [2.75, 3.05) is 26.3 Å². The highest BCUT2D eigenvalue weighted by molar-refractivity contribution is 5.94. The van der Waals surface area contributed by atoms with E-state index in [-0.39, 0.29) is 5.91 Å². The average molecular weight is 289 g/mol. The van der Waals surface area contributed by atoms with Crippen molar-refractivity contribution in [2.45, 2.75) is 38.4 Å². The molecule has 3 rings (SSSR count). The first-order valence-corrected chi connectivity index (χ1v) is 7.88. The Labute approximate surface area is 126 Å². The lowest BCUT2D eigenvalue weighted by atomic mass is 10.0. The molecular formula is C17H23NO3. The number of nitrogens with zero attached hydrogens (tertiary/aromatic N) is 1. The average Bonchev–Trinajstić information content (AvgIpc) is 2.97. The molecule has 4 heteroatoms. The first-order chi connectivity index (χ1) is 10.2. The van der Waals surface area contributed by atoms with E-state index in [2.05, 4.69) is 19.1 Å². The van der Waals surface area contributed by atoms with Crippen molar-refractivity contribution in [3.8, 4) is 0 Å². The summed E-state index contributed by atoms with van der Waals surface area (Å²) in [5.41, 5.74) is 2.07. The van der Waals surface area contributed by atoms with Gasteiger partial charge in [0.2, 0.25) is 0 Å². The van der Waals surface area contributed by atoms with Crippen LogP contribution in [0, 0.1) is 0 Å². The minimum absolute atomic E-state index is 0.117. The molecule has 4 nitrogen and oxygen atoms in total. The van der Waals surface area contributed by atoms with Gasteiger partial charge < -0.3 is 14.4 Å². The van der Waals surface area contributed by atoms with Gasteiger partial charge in [-0.05, 0) is 24.1 Å². The van der Waals surface area contributed by atoms with Gasteiger partial charge in [-0.2, -0.15) is 0 Å². The molecule has 114 valence electrons. The maximum absolute atomic E-state index is 12.5. The fourth-order valence-corrected chi connectivity index (χ4v) is 3.12. The van der Waals surface area contributed by atoms with Gasteiger partial charge in [0.15, 0.2) is 5.79 Å². The molecule has 0 radical (unpaired) electrons. The van der Waals surface area contributed by atoms with Crippen molar-refractivity contribution < 1.29 is 14.3 Å². The number of benzene rings is 1. The number of hydrogen-bond donors (Lipinski definition) is 0. The summed E-state index contributed by atoms with van der Waals surface area (Å²) in [6.07, 6.45) is 3.73. The van der Waals surface area contributed by atoms with Crippen molar-refractivity contribution >= 4 is 5.91 Å². The van der Waals surface area contributed by atoms with Crippen LogP contribution in [0.5, 0.6) is 0 Å². The normalized spacial score (nSPS) is 20.9. The number of rotatable bonds is 3. The van der Waals surface area contributed by atoms with E-state index >= 15 is 0 Å². The predicted octanol–water partition coefficient (Wildman–Crippen LogP) is 2.62. The molecule has 1 amide bonds. The number of carbonyl (C=O) groups excluding carboxylic acids is 1. The molecule has 2 aliphatic heterocycles. The molecule has 21 heavy (non-hydrogen) atoms.